The summed E-state index contributed by atoms with van der Waals surface area (Å²) in [6.45, 7) is 5.38. The van der Waals surface area contributed by atoms with Crippen molar-refractivity contribution in [1.82, 2.24) is 0 Å². The summed E-state index contributed by atoms with van der Waals surface area (Å²) in [5, 5.41) is 0.313. The third-order valence-corrected chi connectivity index (χ3v) is 6.40. The molecular weight excluding hydrogens is 472 g/mol. The first-order valence-corrected chi connectivity index (χ1v) is 12.1. The quantitative estimate of drug-likeness (QED) is 0.328. The normalized spacial score (nSPS) is 17.9. The maximum absolute atomic E-state index is 13.3. The van der Waals surface area contributed by atoms with Crippen LogP contribution in [0.1, 0.15) is 58.9 Å². The topological polar surface area (TPSA) is 92.0 Å². The largest absolute Gasteiger partial charge is 0.483 e. The van der Waals surface area contributed by atoms with E-state index in [1.54, 1.807) is 86.6 Å². The first-order valence-electron chi connectivity index (χ1n) is 12.1. The monoisotopic (exact) mass is 498 g/mol. The van der Waals surface area contributed by atoms with Crippen LogP contribution in [-0.2, 0) is 15.9 Å². The summed E-state index contributed by atoms with van der Waals surface area (Å²) in [5.74, 6) is -0.350. The Bertz CT molecular complexity index is 1520. The van der Waals surface area contributed by atoms with Crippen LogP contribution in [0.4, 0.5) is 0 Å². The molecule has 0 fully saturated rings. The molecule has 0 N–H and O–H groups in total. The van der Waals surface area contributed by atoms with Crippen LogP contribution in [0.2, 0.25) is 0 Å². The molecule has 0 amide bonds. The van der Waals surface area contributed by atoms with Crippen molar-refractivity contribution in [3.8, 4) is 5.75 Å². The molecule has 2 atom stereocenters. The Morgan fingerprint density at radius 3 is 2.05 bits per heavy atom. The fraction of sp³-hybridized carbons (Fsp3) is 0.233. The Kier molecular flexibility index (Phi) is 6.29. The molecule has 4 aromatic rings. The van der Waals surface area contributed by atoms with Crippen molar-refractivity contribution in [2.24, 2.45) is 0 Å². The van der Waals surface area contributed by atoms with Gasteiger partial charge >= 0.3 is 11.9 Å². The van der Waals surface area contributed by atoms with Gasteiger partial charge < -0.3 is 18.6 Å². The maximum Gasteiger partial charge on any atom is 0.338 e. The van der Waals surface area contributed by atoms with Gasteiger partial charge in [-0.3, -0.25) is 4.79 Å². The van der Waals surface area contributed by atoms with Crippen molar-refractivity contribution in [1.29, 1.82) is 0 Å². The van der Waals surface area contributed by atoms with Crippen LogP contribution < -0.4 is 10.2 Å². The van der Waals surface area contributed by atoms with Crippen LogP contribution in [0.25, 0.3) is 11.0 Å². The van der Waals surface area contributed by atoms with Crippen LogP contribution in [0.15, 0.2) is 88.1 Å². The molecule has 37 heavy (non-hydrogen) atoms. The summed E-state index contributed by atoms with van der Waals surface area (Å²) >= 11 is 0. The number of rotatable bonds is 5. The Hall–Kier alpha value is -4.39. The van der Waals surface area contributed by atoms with Gasteiger partial charge in [-0.1, -0.05) is 43.3 Å². The van der Waals surface area contributed by atoms with E-state index in [1.807, 2.05) is 6.92 Å². The number of hydrogen-bond acceptors (Lipinski definition) is 7. The lowest BCUT2D eigenvalue weighted by molar-refractivity contribution is -0.122. The van der Waals surface area contributed by atoms with Gasteiger partial charge in [-0.15, -0.1) is 0 Å². The van der Waals surface area contributed by atoms with E-state index in [4.69, 9.17) is 18.6 Å². The number of hydrogen-bond donors (Lipinski definition) is 0. The number of esters is 2. The van der Waals surface area contributed by atoms with Crippen LogP contribution in [0.5, 0.6) is 5.75 Å². The third-order valence-electron chi connectivity index (χ3n) is 6.40. The number of carbonyl (C=O) groups excluding carboxylic acids is 2. The van der Waals surface area contributed by atoms with Crippen molar-refractivity contribution in [2.75, 3.05) is 0 Å². The van der Waals surface area contributed by atoms with Gasteiger partial charge in [0.15, 0.2) is 17.6 Å². The first-order chi connectivity index (χ1) is 17.8. The molecule has 0 saturated heterocycles. The first kappa shape index (κ1) is 24.3. The van der Waals surface area contributed by atoms with Gasteiger partial charge in [0.2, 0.25) is 0 Å². The molecule has 7 heteroatoms. The summed E-state index contributed by atoms with van der Waals surface area (Å²) < 4.78 is 24.4. The minimum Gasteiger partial charge on any atom is -0.483 e. The van der Waals surface area contributed by atoms with Crippen molar-refractivity contribution < 1.29 is 28.2 Å². The molecule has 0 aliphatic carbocycles. The minimum absolute atomic E-state index is 0.225. The number of ether oxygens (including phenoxy) is 3. The van der Waals surface area contributed by atoms with E-state index < -0.39 is 29.7 Å². The highest BCUT2D eigenvalue weighted by Crippen LogP contribution is 2.46. The summed E-state index contributed by atoms with van der Waals surface area (Å²) in [5.41, 5.74) is -0.0532. The van der Waals surface area contributed by atoms with E-state index in [-0.39, 0.29) is 11.0 Å². The highest BCUT2D eigenvalue weighted by atomic mass is 16.6. The molecule has 2 heterocycles. The van der Waals surface area contributed by atoms with Gasteiger partial charge in [0, 0.05) is 12.5 Å². The second-order valence-electron chi connectivity index (χ2n) is 9.37. The Morgan fingerprint density at radius 2 is 1.46 bits per heavy atom. The molecule has 0 bridgehead atoms. The zero-order chi connectivity index (χ0) is 26.2. The van der Waals surface area contributed by atoms with E-state index in [0.29, 0.717) is 40.0 Å². The number of carbonyl (C=O) groups is 2. The predicted molar refractivity (Wildman–Crippen MR) is 137 cm³/mol. The third kappa shape index (κ3) is 4.60. The fourth-order valence-corrected chi connectivity index (χ4v) is 4.50. The second-order valence-corrected chi connectivity index (χ2v) is 9.37. The lowest BCUT2D eigenvalue weighted by Gasteiger charge is -2.43. The van der Waals surface area contributed by atoms with Crippen LogP contribution in [0, 0.1) is 0 Å². The van der Waals surface area contributed by atoms with E-state index in [0.717, 1.165) is 0 Å². The average molecular weight is 499 g/mol. The molecule has 0 unspecified atom stereocenters. The van der Waals surface area contributed by atoms with Crippen molar-refractivity contribution in [2.45, 2.75) is 45.0 Å². The lowest BCUT2D eigenvalue weighted by atomic mass is 9.87. The van der Waals surface area contributed by atoms with E-state index in [9.17, 15) is 14.4 Å². The van der Waals surface area contributed by atoms with E-state index in [2.05, 4.69) is 0 Å². The summed E-state index contributed by atoms with van der Waals surface area (Å²) in [7, 11) is 0. The molecule has 188 valence electrons. The second kappa shape index (κ2) is 9.58. The molecular formula is C30H26O7. The highest BCUT2D eigenvalue weighted by molar-refractivity contribution is 5.91. The van der Waals surface area contributed by atoms with Gasteiger partial charge in [-0.2, -0.15) is 0 Å². The number of fused-ring (bicyclic) bond motifs is 3. The van der Waals surface area contributed by atoms with E-state index >= 15 is 0 Å². The van der Waals surface area contributed by atoms with Crippen LogP contribution in [0.3, 0.4) is 0 Å². The average Bonchev–Trinajstić information content (AvgIpc) is 2.90. The maximum atomic E-state index is 13.3. The molecule has 5 rings (SSSR count). The minimum atomic E-state index is -1.11. The van der Waals surface area contributed by atoms with Crippen LogP contribution in [-0.4, -0.2) is 23.6 Å². The molecule has 0 spiro atoms. The van der Waals surface area contributed by atoms with Gasteiger partial charge in [0.25, 0.3) is 0 Å². The van der Waals surface area contributed by atoms with Gasteiger partial charge in [0.05, 0.1) is 22.1 Å². The summed E-state index contributed by atoms with van der Waals surface area (Å²) in [6, 6.07) is 21.8. The molecule has 0 radical (unpaired) electrons. The lowest BCUT2D eigenvalue weighted by Crippen LogP contribution is -2.52. The van der Waals surface area contributed by atoms with Gasteiger partial charge in [0.1, 0.15) is 22.7 Å². The standard InChI is InChI=1S/C30H26O7/c1-4-20-17-22(31)21-15-16-23-24(25(21)34-20)26(35-28(32)18-11-7-5-8-12-18)27(30(2,3)37-23)36-29(33)19-13-9-6-10-14-19/h5-17,26-27H,4H2,1-3H3/t26-,27-/m1/s1. The summed E-state index contributed by atoms with van der Waals surface area (Å²) in [6.07, 6.45) is -1.68. The zero-order valence-electron chi connectivity index (χ0n) is 20.7. The van der Waals surface area contributed by atoms with Crippen molar-refractivity contribution >= 4 is 22.9 Å². The summed E-state index contributed by atoms with van der Waals surface area (Å²) in [4.78, 5) is 39.3. The zero-order valence-corrected chi connectivity index (χ0v) is 20.7. The predicted octanol–water partition coefficient (Wildman–Crippen LogP) is 5.65. The van der Waals surface area contributed by atoms with Gasteiger partial charge in [-0.05, 0) is 50.2 Å². The molecule has 1 aliphatic heterocycles. The molecule has 7 nitrogen and oxygen atoms in total. The Labute approximate surface area is 213 Å². The van der Waals surface area contributed by atoms with Gasteiger partial charge in [-0.25, -0.2) is 9.59 Å². The van der Waals surface area contributed by atoms with Crippen molar-refractivity contribution in [3.05, 3.63) is 112 Å². The molecule has 3 aromatic carbocycles. The molecule has 1 aromatic heterocycles. The number of aryl methyl sites for hydroxylation is 1. The molecule has 1 aliphatic rings. The molecule has 0 saturated carbocycles. The van der Waals surface area contributed by atoms with Crippen molar-refractivity contribution in [3.63, 3.8) is 0 Å². The SMILES string of the molecule is CCc1cc(=O)c2ccc3c(c2o1)[C@@H](OC(=O)c1ccccc1)[C@@H](OC(=O)c1ccccc1)C(C)(C)O3. The Morgan fingerprint density at radius 1 is 0.865 bits per heavy atom. The number of benzene rings is 3. The Balaban J connectivity index is 1.68. The fourth-order valence-electron chi connectivity index (χ4n) is 4.50. The smallest absolute Gasteiger partial charge is 0.338 e. The van der Waals surface area contributed by atoms with E-state index in [1.165, 1.54) is 6.07 Å². The van der Waals surface area contributed by atoms with Crippen LogP contribution >= 0.6 is 0 Å². The highest BCUT2D eigenvalue weighted by Gasteiger charge is 2.50.